The summed E-state index contributed by atoms with van der Waals surface area (Å²) in [4.78, 5) is 0.984. The monoisotopic (exact) mass is 293 g/mol. The van der Waals surface area contributed by atoms with E-state index in [9.17, 15) is 4.21 Å². The van der Waals surface area contributed by atoms with Crippen LogP contribution in [-0.2, 0) is 16.4 Å². The summed E-state index contributed by atoms with van der Waals surface area (Å²) in [7, 11) is -1.06. The lowest BCUT2D eigenvalue weighted by molar-refractivity contribution is 0.306. The van der Waals surface area contributed by atoms with Crippen molar-refractivity contribution in [1.29, 1.82) is 0 Å². The predicted octanol–water partition coefficient (Wildman–Crippen LogP) is 4.19. The molecule has 2 nitrogen and oxygen atoms in total. The first-order valence-electron chi connectivity index (χ1n) is 7.43. The maximum Gasteiger partial charge on any atom is 0.128 e. The van der Waals surface area contributed by atoms with E-state index in [-0.39, 0.29) is 11.0 Å². The van der Waals surface area contributed by atoms with Crippen LogP contribution in [0.15, 0.2) is 23.1 Å². The summed E-state index contributed by atoms with van der Waals surface area (Å²) >= 11 is 0. The molecule has 1 aliphatic heterocycles. The van der Waals surface area contributed by atoms with E-state index in [1.54, 1.807) is 0 Å². The molecule has 1 aliphatic rings. The van der Waals surface area contributed by atoms with Crippen molar-refractivity contribution in [3.63, 3.8) is 0 Å². The van der Waals surface area contributed by atoms with Gasteiger partial charge in [0.25, 0.3) is 0 Å². The van der Waals surface area contributed by atoms with E-state index in [2.05, 4.69) is 64.0 Å². The third-order valence-electron chi connectivity index (χ3n) is 4.16. The van der Waals surface area contributed by atoms with Crippen molar-refractivity contribution in [2.24, 2.45) is 0 Å². The van der Waals surface area contributed by atoms with E-state index < -0.39 is 11.0 Å². The van der Waals surface area contributed by atoms with Crippen LogP contribution in [0.1, 0.15) is 58.6 Å². The highest BCUT2D eigenvalue weighted by Crippen LogP contribution is 2.35. The molecule has 0 N–H and O–H groups in total. The number of rotatable bonds is 2. The van der Waals surface area contributed by atoms with Gasteiger partial charge in [-0.1, -0.05) is 38.5 Å². The molecule has 0 aliphatic carbocycles. The highest BCUT2D eigenvalue weighted by Gasteiger charge is 2.37. The second-order valence-electron chi connectivity index (χ2n) is 7.52. The molecule has 0 saturated carbocycles. The molecule has 0 radical (unpaired) electrons. The fraction of sp³-hybridized carbons (Fsp3) is 0.647. The summed E-state index contributed by atoms with van der Waals surface area (Å²) < 4.78 is 15.2. The summed E-state index contributed by atoms with van der Waals surface area (Å²) in [6.45, 7) is 14.0. The fourth-order valence-corrected chi connectivity index (χ4v) is 4.70. The molecule has 112 valence electrons. The van der Waals surface area contributed by atoms with E-state index in [0.29, 0.717) is 0 Å². The first-order chi connectivity index (χ1) is 9.13. The summed E-state index contributed by atoms with van der Waals surface area (Å²) in [6, 6.07) is 6.32. The van der Waals surface area contributed by atoms with E-state index in [0.717, 1.165) is 24.3 Å². The molecule has 1 aromatic rings. The third kappa shape index (κ3) is 2.99. The number of hydrogen-bond acceptors (Lipinski definition) is 1. The Bertz CT molecular complexity index is 528. The lowest BCUT2D eigenvalue weighted by Gasteiger charge is -2.32. The minimum atomic E-state index is -1.06. The summed E-state index contributed by atoms with van der Waals surface area (Å²) in [5.41, 5.74) is 2.49. The van der Waals surface area contributed by atoms with Gasteiger partial charge < -0.3 is 0 Å². The van der Waals surface area contributed by atoms with Gasteiger partial charge in [0.2, 0.25) is 0 Å². The van der Waals surface area contributed by atoms with Crippen LogP contribution in [0.3, 0.4) is 0 Å². The van der Waals surface area contributed by atoms with Gasteiger partial charge in [0.1, 0.15) is 11.0 Å². The molecule has 0 bridgehead atoms. The van der Waals surface area contributed by atoms with E-state index in [4.69, 9.17) is 0 Å². The molecule has 1 heterocycles. The molecular formula is C17H27NOS. The molecular weight excluding hydrogens is 266 g/mol. The Morgan fingerprint density at radius 2 is 1.90 bits per heavy atom. The Hall–Kier alpha value is -0.670. The average Bonchev–Trinajstić information content (AvgIpc) is 2.67. The van der Waals surface area contributed by atoms with Crippen molar-refractivity contribution in [2.45, 2.75) is 70.2 Å². The maximum atomic E-state index is 13.1. The lowest BCUT2D eigenvalue weighted by atomic mass is 9.86. The Morgan fingerprint density at radius 3 is 2.40 bits per heavy atom. The zero-order chi connectivity index (χ0) is 15.1. The van der Waals surface area contributed by atoms with E-state index in [1.165, 1.54) is 11.1 Å². The summed E-state index contributed by atoms with van der Waals surface area (Å²) in [5, 5.41) is 0. The number of nitrogens with zero attached hydrogens (tertiary/aromatic N) is 1. The smallest absolute Gasteiger partial charge is 0.128 e. The molecule has 1 atom stereocenters. The van der Waals surface area contributed by atoms with Crippen LogP contribution in [0.2, 0.25) is 0 Å². The van der Waals surface area contributed by atoms with Gasteiger partial charge >= 0.3 is 0 Å². The van der Waals surface area contributed by atoms with Crippen LogP contribution < -0.4 is 0 Å². The second-order valence-corrected chi connectivity index (χ2v) is 8.90. The van der Waals surface area contributed by atoms with Gasteiger partial charge in [-0.05, 0) is 50.7 Å². The minimum Gasteiger partial charge on any atom is -0.237 e. The molecule has 1 saturated heterocycles. The first-order valence-corrected chi connectivity index (χ1v) is 8.54. The van der Waals surface area contributed by atoms with Crippen molar-refractivity contribution in [1.82, 2.24) is 4.31 Å². The molecule has 0 aromatic heterocycles. The number of hydrogen-bond donors (Lipinski definition) is 0. The lowest BCUT2D eigenvalue weighted by Crippen LogP contribution is -2.40. The minimum absolute atomic E-state index is 0.0148. The quantitative estimate of drug-likeness (QED) is 0.800. The van der Waals surface area contributed by atoms with Crippen molar-refractivity contribution in [2.75, 3.05) is 6.54 Å². The van der Waals surface area contributed by atoms with Gasteiger partial charge in [0, 0.05) is 12.1 Å². The predicted molar refractivity (Wildman–Crippen MR) is 86.3 cm³/mol. The number of benzene rings is 1. The largest absolute Gasteiger partial charge is 0.237 e. The first kappa shape index (κ1) is 15.7. The zero-order valence-electron chi connectivity index (χ0n) is 13.6. The van der Waals surface area contributed by atoms with E-state index >= 15 is 0 Å². The van der Waals surface area contributed by atoms with Gasteiger partial charge in [-0.3, -0.25) is 0 Å². The van der Waals surface area contributed by atoms with Crippen LogP contribution in [0.25, 0.3) is 0 Å². The van der Waals surface area contributed by atoms with Crippen LogP contribution in [0.4, 0.5) is 0 Å². The highest BCUT2D eigenvalue weighted by atomic mass is 32.2. The average molecular weight is 293 g/mol. The Labute approximate surface area is 126 Å². The van der Waals surface area contributed by atoms with Crippen molar-refractivity contribution >= 4 is 11.0 Å². The Kier molecular flexibility index (Phi) is 4.14. The normalized spacial score (nSPS) is 21.1. The van der Waals surface area contributed by atoms with Gasteiger partial charge in [-0.15, -0.1) is 0 Å². The highest BCUT2D eigenvalue weighted by molar-refractivity contribution is 7.82. The van der Waals surface area contributed by atoms with Gasteiger partial charge in [-0.25, -0.2) is 8.51 Å². The third-order valence-corrected chi connectivity index (χ3v) is 5.97. The van der Waals surface area contributed by atoms with Gasteiger partial charge in [-0.2, -0.15) is 0 Å². The van der Waals surface area contributed by atoms with Gasteiger partial charge in [0.15, 0.2) is 0 Å². The molecule has 0 amide bonds. The van der Waals surface area contributed by atoms with Crippen molar-refractivity contribution < 1.29 is 4.21 Å². The number of aryl methyl sites for hydroxylation is 1. The molecule has 1 unspecified atom stereocenters. The summed E-state index contributed by atoms with van der Waals surface area (Å²) in [6.07, 6.45) is 2.25. The topological polar surface area (TPSA) is 20.3 Å². The Balaban J connectivity index is 2.45. The van der Waals surface area contributed by atoms with Crippen molar-refractivity contribution in [3.05, 3.63) is 29.3 Å². The molecule has 1 aromatic carbocycles. The SMILES string of the molecule is Cc1ccc(S(=O)N2CCCC2(C)C)c(C(C)(C)C)c1. The van der Waals surface area contributed by atoms with Crippen molar-refractivity contribution in [3.8, 4) is 0 Å². The maximum absolute atomic E-state index is 13.1. The van der Waals surface area contributed by atoms with Gasteiger partial charge in [0.05, 0.1) is 4.90 Å². The van der Waals surface area contributed by atoms with E-state index in [1.807, 2.05) is 0 Å². The molecule has 1 fully saturated rings. The van der Waals surface area contributed by atoms with Crippen LogP contribution in [0, 0.1) is 6.92 Å². The molecule has 0 spiro atoms. The molecule has 3 heteroatoms. The molecule has 2 rings (SSSR count). The Morgan fingerprint density at radius 1 is 1.25 bits per heavy atom. The second kappa shape index (κ2) is 5.27. The van der Waals surface area contributed by atoms with Crippen LogP contribution >= 0.6 is 0 Å². The molecule has 20 heavy (non-hydrogen) atoms. The fourth-order valence-electron chi connectivity index (χ4n) is 2.89. The van der Waals surface area contributed by atoms with Crippen LogP contribution in [0.5, 0.6) is 0 Å². The zero-order valence-corrected chi connectivity index (χ0v) is 14.4. The van der Waals surface area contributed by atoms with Crippen LogP contribution in [-0.4, -0.2) is 20.6 Å². The summed E-state index contributed by atoms with van der Waals surface area (Å²) in [5.74, 6) is 0. The standard InChI is InChI=1S/C17H27NOS/c1-13-8-9-15(14(12-13)16(2,3)4)20(19)18-11-7-10-17(18,5)6/h8-9,12H,7,10-11H2,1-6H3.